The molecule has 0 bridgehead atoms. The lowest BCUT2D eigenvalue weighted by Gasteiger charge is -2.41. The monoisotopic (exact) mass is 443 g/mol. The molecule has 0 radical (unpaired) electrons. The van der Waals surface area contributed by atoms with Crippen LogP contribution in [0.2, 0.25) is 0 Å². The number of hydroxylamine groups is 1. The molecule has 1 aromatic rings. The predicted octanol–water partition coefficient (Wildman–Crippen LogP) is 0.520. The Morgan fingerprint density at radius 3 is 2.28 bits per heavy atom. The average molecular weight is 444 g/mol. The summed E-state index contributed by atoms with van der Waals surface area (Å²) in [6.07, 6.45) is 1.00. The van der Waals surface area contributed by atoms with Crippen molar-refractivity contribution < 1.29 is 24.4 Å². The van der Waals surface area contributed by atoms with Crippen LogP contribution in [0, 0.1) is 11.8 Å². The SMILES string of the molecule is CN1CC(=O)N(C2CCC(C(=O)N3CCN(c4ccccc4)CC3)C(C(=O)NO)C2)C1=O. The number of urea groups is 1. The van der Waals surface area contributed by atoms with Gasteiger partial charge in [0.25, 0.3) is 5.91 Å². The smallest absolute Gasteiger partial charge is 0.327 e. The fourth-order valence-corrected chi connectivity index (χ4v) is 5.11. The van der Waals surface area contributed by atoms with Crippen LogP contribution in [0.1, 0.15) is 19.3 Å². The molecule has 0 spiro atoms. The Balaban J connectivity index is 1.42. The van der Waals surface area contributed by atoms with Gasteiger partial charge in [-0.1, -0.05) is 18.2 Å². The second-order valence-electron chi connectivity index (χ2n) is 8.71. The van der Waals surface area contributed by atoms with Crippen LogP contribution in [0.25, 0.3) is 0 Å². The van der Waals surface area contributed by atoms with Gasteiger partial charge in [-0.25, -0.2) is 10.3 Å². The van der Waals surface area contributed by atoms with Crippen LogP contribution in [0.5, 0.6) is 0 Å². The van der Waals surface area contributed by atoms with E-state index in [-0.39, 0.29) is 30.8 Å². The summed E-state index contributed by atoms with van der Waals surface area (Å²) in [5, 5.41) is 9.27. The van der Waals surface area contributed by atoms with Crippen LogP contribution in [0.4, 0.5) is 10.5 Å². The molecule has 3 unspecified atom stereocenters. The molecule has 172 valence electrons. The zero-order valence-corrected chi connectivity index (χ0v) is 18.1. The minimum atomic E-state index is -0.801. The maximum absolute atomic E-state index is 13.3. The van der Waals surface area contributed by atoms with Gasteiger partial charge in [-0.05, 0) is 31.4 Å². The predicted molar refractivity (Wildman–Crippen MR) is 115 cm³/mol. The van der Waals surface area contributed by atoms with Gasteiger partial charge in [0.15, 0.2) is 0 Å². The maximum Gasteiger partial charge on any atom is 0.327 e. The Hall–Kier alpha value is -3.14. The number of carbonyl (C=O) groups is 4. The number of amides is 5. The molecule has 3 aliphatic rings. The van der Waals surface area contributed by atoms with Gasteiger partial charge in [-0.15, -0.1) is 0 Å². The van der Waals surface area contributed by atoms with Crippen molar-refractivity contribution in [2.75, 3.05) is 44.7 Å². The Morgan fingerprint density at radius 2 is 1.69 bits per heavy atom. The third-order valence-electron chi connectivity index (χ3n) is 6.84. The second-order valence-corrected chi connectivity index (χ2v) is 8.71. The summed E-state index contributed by atoms with van der Waals surface area (Å²) < 4.78 is 0. The molecule has 2 heterocycles. The summed E-state index contributed by atoms with van der Waals surface area (Å²) in [5.41, 5.74) is 2.79. The van der Waals surface area contributed by atoms with Crippen LogP contribution in [0.3, 0.4) is 0 Å². The van der Waals surface area contributed by atoms with Crippen molar-refractivity contribution in [3.63, 3.8) is 0 Å². The molecule has 3 fully saturated rings. The normalized spacial score (nSPS) is 26.5. The first-order chi connectivity index (χ1) is 15.4. The van der Waals surface area contributed by atoms with E-state index in [1.807, 2.05) is 30.3 Å². The fourth-order valence-electron chi connectivity index (χ4n) is 5.11. The first-order valence-corrected chi connectivity index (χ1v) is 11.0. The number of nitrogens with zero attached hydrogens (tertiary/aromatic N) is 4. The third-order valence-corrected chi connectivity index (χ3v) is 6.84. The van der Waals surface area contributed by atoms with Gasteiger partial charge in [-0.3, -0.25) is 24.5 Å². The molecule has 0 aromatic heterocycles. The van der Waals surface area contributed by atoms with E-state index >= 15 is 0 Å². The number of para-hydroxylation sites is 1. The fraction of sp³-hybridized carbons (Fsp3) is 0.545. The first kappa shape index (κ1) is 22.1. The molecule has 1 saturated carbocycles. The van der Waals surface area contributed by atoms with Crippen molar-refractivity contribution in [2.24, 2.45) is 11.8 Å². The molecule has 1 aromatic carbocycles. The third kappa shape index (κ3) is 4.14. The standard InChI is InChI=1S/C22H29N5O5/c1-24-14-19(28)27(22(24)31)16-7-8-17(18(13-16)20(29)23-32)21(30)26-11-9-25(10-12-26)15-5-3-2-4-6-15/h2-6,16-18,32H,7-14H2,1H3,(H,23,29). The number of hydrogen-bond donors (Lipinski definition) is 2. The molecule has 10 heteroatoms. The van der Waals surface area contributed by atoms with Crippen molar-refractivity contribution in [3.05, 3.63) is 30.3 Å². The van der Waals surface area contributed by atoms with E-state index < -0.39 is 23.8 Å². The number of likely N-dealkylation sites (N-methyl/N-ethyl adjacent to an activating group) is 1. The summed E-state index contributed by atoms with van der Waals surface area (Å²) in [6, 6.07) is 9.17. The highest BCUT2D eigenvalue weighted by Crippen LogP contribution is 2.36. The zero-order chi connectivity index (χ0) is 22.8. The highest BCUT2D eigenvalue weighted by molar-refractivity contribution is 6.02. The van der Waals surface area contributed by atoms with Gasteiger partial charge in [0.2, 0.25) is 11.8 Å². The maximum atomic E-state index is 13.3. The van der Waals surface area contributed by atoms with Crippen LogP contribution >= 0.6 is 0 Å². The Labute approximate surface area is 186 Å². The van der Waals surface area contributed by atoms with E-state index in [0.717, 1.165) is 5.69 Å². The first-order valence-electron chi connectivity index (χ1n) is 11.0. The van der Waals surface area contributed by atoms with Crippen molar-refractivity contribution in [1.29, 1.82) is 0 Å². The van der Waals surface area contributed by atoms with E-state index in [9.17, 15) is 24.4 Å². The lowest BCUT2D eigenvalue weighted by molar-refractivity contribution is -0.148. The molecule has 10 nitrogen and oxygen atoms in total. The Bertz CT molecular complexity index is 886. The lowest BCUT2D eigenvalue weighted by Crippen LogP contribution is -2.55. The Kier molecular flexibility index (Phi) is 6.31. The molecule has 2 aliphatic heterocycles. The van der Waals surface area contributed by atoms with E-state index in [1.54, 1.807) is 17.4 Å². The largest absolute Gasteiger partial charge is 0.368 e. The van der Waals surface area contributed by atoms with Gasteiger partial charge in [0.1, 0.15) is 6.54 Å². The number of anilines is 1. The van der Waals surface area contributed by atoms with Gasteiger partial charge in [-0.2, -0.15) is 0 Å². The van der Waals surface area contributed by atoms with E-state index in [1.165, 1.54) is 9.80 Å². The summed E-state index contributed by atoms with van der Waals surface area (Å²) in [5.74, 6) is -2.45. The molecule has 32 heavy (non-hydrogen) atoms. The minimum absolute atomic E-state index is 0.0141. The number of benzene rings is 1. The molecule has 2 saturated heterocycles. The molecule has 1 aliphatic carbocycles. The highest BCUT2D eigenvalue weighted by Gasteiger charge is 2.47. The van der Waals surface area contributed by atoms with E-state index in [4.69, 9.17) is 0 Å². The summed E-state index contributed by atoms with van der Waals surface area (Å²) in [6.45, 7) is 2.51. The van der Waals surface area contributed by atoms with Crippen molar-refractivity contribution in [1.82, 2.24) is 20.2 Å². The number of imide groups is 1. The van der Waals surface area contributed by atoms with Gasteiger partial charge in [0, 0.05) is 50.9 Å². The number of nitrogens with one attached hydrogen (secondary N) is 1. The van der Waals surface area contributed by atoms with Gasteiger partial charge < -0.3 is 14.7 Å². The average Bonchev–Trinajstić information content (AvgIpc) is 3.09. The molecular formula is C22H29N5O5. The number of hydrogen-bond acceptors (Lipinski definition) is 6. The van der Waals surface area contributed by atoms with Crippen LogP contribution in [-0.4, -0.2) is 89.5 Å². The zero-order valence-electron chi connectivity index (χ0n) is 18.1. The number of piperazine rings is 1. The van der Waals surface area contributed by atoms with Crippen LogP contribution < -0.4 is 10.4 Å². The second kappa shape index (κ2) is 9.15. The van der Waals surface area contributed by atoms with Gasteiger partial charge >= 0.3 is 6.03 Å². The van der Waals surface area contributed by atoms with E-state index in [2.05, 4.69) is 4.90 Å². The number of rotatable bonds is 4. The quantitative estimate of drug-likeness (QED) is 0.399. The highest BCUT2D eigenvalue weighted by atomic mass is 16.5. The van der Waals surface area contributed by atoms with Gasteiger partial charge in [0.05, 0.1) is 5.92 Å². The van der Waals surface area contributed by atoms with Crippen molar-refractivity contribution in [3.8, 4) is 0 Å². The lowest BCUT2D eigenvalue weighted by atomic mass is 9.75. The van der Waals surface area contributed by atoms with Crippen molar-refractivity contribution in [2.45, 2.75) is 25.3 Å². The molecular weight excluding hydrogens is 414 g/mol. The molecule has 3 atom stereocenters. The topological polar surface area (TPSA) is 114 Å². The molecule has 2 N–H and O–H groups in total. The summed E-state index contributed by atoms with van der Waals surface area (Å²) in [4.78, 5) is 57.0. The molecule has 4 rings (SSSR count). The minimum Gasteiger partial charge on any atom is -0.368 e. The van der Waals surface area contributed by atoms with Crippen molar-refractivity contribution >= 4 is 29.4 Å². The van der Waals surface area contributed by atoms with Crippen LogP contribution in [-0.2, 0) is 14.4 Å². The Morgan fingerprint density at radius 1 is 1.00 bits per heavy atom. The summed E-state index contributed by atoms with van der Waals surface area (Å²) >= 11 is 0. The molecule has 5 amide bonds. The van der Waals surface area contributed by atoms with E-state index in [0.29, 0.717) is 39.0 Å². The summed E-state index contributed by atoms with van der Waals surface area (Å²) in [7, 11) is 1.56. The number of carbonyl (C=O) groups excluding carboxylic acids is 4. The van der Waals surface area contributed by atoms with Crippen LogP contribution in [0.15, 0.2) is 30.3 Å².